The van der Waals surface area contributed by atoms with Gasteiger partial charge in [-0.1, -0.05) is 12.1 Å². The first kappa shape index (κ1) is 21.8. The molecule has 9 nitrogen and oxygen atoms in total. The van der Waals surface area contributed by atoms with E-state index in [1.165, 1.54) is 35.6 Å². The van der Waals surface area contributed by atoms with Gasteiger partial charge in [-0.25, -0.2) is 13.2 Å². The Morgan fingerprint density at radius 1 is 1.07 bits per heavy atom. The van der Waals surface area contributed by atoms with Crippen molar-refractivity contribution in [2.24, 2.45) is 0 Å². The summed E-state index contributed by atoms with van der Waals surface area (Å²) in [5.74, 6) is -1.13. The van der Waals surface area contributed by atoms with Gasteiger partial charge in [-0.05, 0) is 29.6 Å². The van der Waals surface area contributed by atoms with E-state index in [0.29, 0.717) is 31.1 Å². The molecule has 0 bridgehead atoms. The van der Waals surface area contributed by atoms with Gasteiger partial charge >= 0.3 is 5.97 Å². The molecule has 1 aliphatic rings. The number of hydrogen-bond donors (Lipinski definition) is 1. The Hall–Kier alpha value is -2.92. The van der Waals surface area contributed by atoms with Crippen LogP contribution in [0, 0.1) is 0 Å². The molecule has 30 heavy (non-hydrogen) atoms. The first-order valence-corrected chi connectivity index (χ1v) is 11.9. The second kappa shape index (κ2) is 9.26. The summed E-state index contributed by atoms with van der Waals surface area (Å²) in [4.78, 5) is 40.8. The largest absolute Gasteiger partial charge is 0.452 e. The number of nitrogens with zero attached hydrogens (tertiary/aromatic N) is 2. The van der Waals surface area contributed by atoms with Crippen LogP contribution in [0.25, 0.3) is 0 Å². The number of sulfonamides is 1. The molecule has 2 heterocycles. The van der Waals surface area contributed by atoms with Crippen LogP contribution in [-0.4, -0.2) is 75.0 Å². The van der Waals surface area contributed by atoms with E-state index >= 15 is 0 Å². The normalized spacial score (nSPS) is 14.3. The minimum Gasteiger partial charge on any atom is -0.452 e. The lowest BCUT2D eigenvalue weighted by Gasteiger charge is -2.34. The highest BCUT2D eigenvalue weighted by Gasteiger charge is 2.26. The molecule has 0 unspecified atom stereocenters. The van der Waals surface area contributed by atoms with Crippen molar-refractivity contribution in [1.82, 2.24) is 9.80 Å². The third-order valence-corrected chi connectivity index (χ3v) is 5.84. The van der Waals surface area contributed by atoms with Crippen molar-refractivity contribution in [2.45, 2.75) is 0 Å². The highest BCUT2D eigenvalue weighted by molar-refractivity contribution is 7.92. The Labute approximate surface area is 178 Å². The summed E-state index contributed by atoms with van der Waals surface area (Å²) < 4.78 is 30.0. The van der Waals surface area contributed by atoms with Crippen LogP contribution in [0.2, 0.25) is 0 Å². The monoisotopic (exact) mass is 451 g/mol. The Bertz CT molecular complexity index is 1030. The smallest absolute Gasteiger partial charge is 0.338 e. The van der Waals surface area contributed by atoms with E-state index in [4.69, 9.17) is 4.74 Å². The molecule has 1 aliphatic heterocycles. The van der Waals surface area contributed by atoms with Crippen molar-refractivity contribution < 1.29 is 27.5 Å². The fourth-order valence-corrected chi connectivity index (χ4v) is 4.19. The van der Waals surface area contributed by atoms with Gasteiger partial charge in [0, 0.05) is 31.9 Å². The zero-order chi connectivity index (χ0) is 21.7. The quantitative estimate of drug-likeness (QED) is 0.662. The maximum atomic E-state index is 12.3. The fraction of sp³-hybridized carbons (Fsp3) is 0.316. The Balaban J connectivity index is 1.48. The van der Waals surface area contributed by atoms with Crippen molar-refractivity contribution in [3.05, 3.63) is 52.2 Å². The standard InChI is InChI=1S/C19H21N3O6S2/c1-30(26,27)20-15-5-2-4-14(12-15)19(25)28-13-17(23)21-7-9-22(10-8-21)18(24)16-6-3-11-29-16/h2-6,11-12,20H,7-10,13H2,1H3. The van der Waals surface area contributed by atoms with E-state index in [-0.39, 0.29) is 23.1 Å². The highest BCUT2D eigenvalue weighted by Crippen LogP contribution is 2.15. The van der Waals surface area contributed by atoms with Gasteiger partial charge in [0.15, 0.2) is 6.61 Å². The number of amides is 2. The maximum Gasteiger partial charge on any atom is 0.338 e. The fourth-order valence-electron chi connectivity index (χ4n) is 2.94. The van der Waals surface area contributed by atoms with Crippen LogP contribution in [0.3, 0.4) is 0 Å². The van der Waals surface area contributed by atoms with Crippen molar-refractivity contribution in [3.63, 3.8) is 0 Å². The summed E-state index contributed by atoms with van der Waals surface area (Å²) in [5, 5.41) is 1.84. The number of ether oxygens (including phenoxy) is 1. The summed E-state index contributed by atoms with van der Waals surface area (Å²) >= 11 is 1.38. The van der Waals surface area contributed by atoms with E-state index in [2.05, 4.69) is 4.72 Å². The summed E-state index contributed by atoms with van der Waals surface area (Å²) in [5.41, 5.74) is 0.354. The lowest BCUT2D eigenvalue weighted by Crippen LogP contribution is -2.51. The van der Waals surface area contributed by atoms with Crippen LogP contribution in [0.4, 0.5) is 5.69 Å². The Kier molecular flexibility index (Phi) is 6.73. The molecule has 1 aromatic heterocycles. The van der Waals surface area contributed by atoms with Crippen LogP contribution in [0.15, 0.2) is 41.8 Å². The van der Waals surface area contributed by atoms with Gasteiger partial charge < -0.3 is 14.5 Å². The first-order chi connectivity index (χ1) is 14.2. The number of carbonyl (C=O) groups is 3. The number of rotatable bonds is 6. The molecular weight excluding hydrogens is 430 g/mol. The number of thiophene rings is 1. The van der Waals surface area contributed by atoms with Crippen molar-refractivity contribution >= 4 is 44.8 Å². The predicted octanol–water partition coefficient (Wildman–Crippen LogP) is 1.26. The van der Waals surface area contributed by atoms with Gasteiger partial charge in [0.2, 0.25) is 10.0 Å². The van der Waals surface area contributed by atoms with Gasteiger partial charge in [0.1, 0.15) is 0 Å². The topological polar surface area (TPSA) is 113 Å². The van der Waals surface area contributed by atoms with Crippen LogP contribution in [-0.2, 0) is 19.6 Å². The molecule has 0 atom stereocenters. The predicted molar refractivity (Wildman–Crippen MR) is 112 cm³/mol. The first-order valence-electron chi connectivity index (χ1n) is 9.08. The molecule has 0 radical (unpaired) electrons. The molecule has 1 aromatic carbocycles. The molecule has 160 valence electrons. The molecule has 2 aromatic rings. The van der Waals surface area contributed by atoms with Gasteiger partial charge in [0.05, 0.1) is 16.7 Å². The van der Waals surface area contributed by atoms with Crippen LogP contribution >= 0.6 is 11.3 Å². The van der Waals surface area contributed by atoms with Crippen molar-refractivity contribution in [3.8, 4) is 0 Å². The van der Waals surface area contributed by atoms with Crippen LogP contribution in [0.1, 0.15) is 20.0 Å². The summed E-state index contributed by atoms with van der Waals surface area (Å²) in [6.07, 6.45) is 1.00. The summed E-state index contributed by atoms with van der Waals surface area (Å²) in [6.45, 7) is 1.12. The molecule has 1 fully saturated rings. The Morgan fingerprint density at radius 2 is 1.77 bits per heavy atom. The lowest BCUT2D eigenvalue weighted by atomic mass is 10.2. The molecule has 0 aliphatic carbocycles. The number of hydrogen-bond acceptors (Lipinski definition) is 7. The molecule has 2 amide bonds. The molecule has 3 rings (SSSR count). The minimum absolute atomic E-state index is 0.0499. The number of piperazine rings is 1. The molecule has 11 heteroatoms. The number of benzene rings is 1. The molecule has 0 spiro atoms. The molecule has 1 N–H and O–H groups in total. The van der Waals surface area contributed by atoms with Gasteiger partial charge in [-0.3, -0.25) is 14.3 Å². The molecular formula is C19H21N3O6S2. The summed E-state index contributed by atoms with van der Waals surface area (Å²) in [7, 11) is -3.48. The number of carbonyl (C=O) groups excluding carboxylic acids is 3. The minimum atomic E-state index is -3.48. The SMILES string of the molecule is CS(=O)(=O)Nc1cccc(C(=O)OCC(=O)N2CCN(C(=O)c3cccs3)CC2)c1. The van der Waals surface area contributed by atoms with Crippen molar-refractivity contribution in [1.29, 1.82) is 0 Å². The van der Waals surface area contributed by atoms with Gasteiger partial charge in [-0.15, -0.1) is 11.3 Å². The maximum absolute atomic E-state index is 12.3. The average Bonchev–Trinajstić information content (AvgIpc) is 3.25. The van der Waals surface area contributed by atoms with Gasteiger partial charge in [-0.2, -0.15) is 0 Å². The number of esters is 1. The van der Waals surface area contributed by atoms with Gasteiger partial charge in [0.25, 0.3) is 11.8 Å². The van der Waals surface area contributed by atoms with Crippen LogP contribution < -0.4 is 4.72 Å². The summed E-state index contributed by atoms with van der Waals surface area (Å²) in [6, 6.07) is 9.40. The van der Waals surface area contributed by atoms with E-state index < -0.39 is 22.6 Å². The third-order valence-electron chi connectivity index (χ3n) is 4.38. The second-order valence-corrected chi connectivity index (χ2v) is 9.38. The number of nitrogens with one attached hydrogen (secondary N) is 1. The number of anilines is 1. The zero-order valence-corrected chi connectivity index (χ0v) is 17.9. The molecule has 1 saturated heterocycles. The highest BCUT2D eigenvalue weighted by atomic mass is 32.2. The van der Waals surface area contributed by atoms with Crippen molar-refractivity contribution in [2.75, 3.05) is 43.8 Å². The van der Waals surface area contributed by atoms with Crippen LogP contribution in [0.5, 0.6) is 0 Å². The third kappa shape index (κ3) is 5.80. The lowest BCUT2D eigenvalue weighted by molar-refractivity contribution is -0.136. The van der Waals surface area contributed by atoms with E-state index in [0.717, 1.165) is 6.26 Å². The van der Waals surface area contributed by atoms with E-state index in [9.17, 15) is 22.8 Å². The van der Waals surface area contributed by atoms with E-state index in [1.54, 1.807) is 15.9 Å². The zero-order valence-electron chi connectivity index (χ0n) is 16.2. The second-order valence-electron chi connectivity index (χ2n) is 6.68. The van der Waals surface area contributed by atoms with E-state index in [1.807, 2.05) is 11.4 Å². The Morgan fingerprint density at radius 3 is 2.40 bits per heavy atom. The average molecular weight is 452 g/mol. The molecule has 0 saturated carbocycles.